The van der Waals surface area contributed by atoms with E-state index < -0.39 is 12.3 Å². The van der Waals surface area contributed by atoms with Crippen molar-refractivity contribution >= 4 is 11.6 Å². The van der Waals surface area contributed by atoms with Crippen molar-refractivity contribution in [2.75, 3.05) is 11.7 Å². The Bertz CT molecular complexity index is 419. The summed E-state index contributed by atoms with van der Waals surface area (Å²) in [4.78, 5) is 15.1. The molecule has 0 spiro atoms. The summed E-state index contributed by atoms with van der Waals surface area (Å²) < 4.78 is 36.2. The van der Waals surface area contributed by atoms with Crippen molar-refractivity contribution in [2.24, 2.45) is 0 Å². The molecule has 1 aliphatic rings. The van der Waals surface area contributed by atoms with Crippen LogP contribution in [-0.4, -0.2) is 18.9 Å². The standard InChI is InChI=1S/C9H7F3N2O2/c10-9(11,12)16-14-5-13-8(15)6-3-1-2-4-7(6)14/h1-4H,5H2,(H,13,15). The number of benzene rings is 1. The number of rotatable bonds is 1. The van der Waals surface area contributed by atoms with Crippen LogP contribution in [-0.2, 0) is 4.84 Å². The second kappa shape index (κ2) is 3.67. The molecule has 2 rings (SSSR count). The maximum atomic E-state index is 12.1. The Balaban J connectivity index is 2.31. The summed E-state index contributed by atoms with van der Waals surface area (Å²) in [6.45, 7) is -0.338. The van der Waals surface area contributed by atoms with Crippen molar-refractivity contribution in [2.45, 2.75) is 6.36 Å². The molecule has 0 saturated carbocycles. The predicted octanol–water partition coefficient (Wildman–Crippen LogP) is 1.65. The molecule has 0 bridgehead atoms. The van der Waals surface area contributed by atoms with Crippen molar-refractivity contribution in [3.05, 3.63) is 29.8 Å². The number of hydroxylamine groups is 1. The predicted molar refractivity (Wildman–Crippen MR) is 48.4 cm³/mol. The number of carbonyl (C=O) groups is 1. The molecule has 1 N–H and O–H groups in total. The topological polar surface area (TPSA) is 41.6 Å². The van der Waals surface area contributed by atoms with E-state index in [0.29, 0.717) is 5.06 Å². The van der Waals surface area contributed by atoms with Crippen LogP contribution in [0.1, 0.15) is 10.4 Å². The van der Waals surface area contributed by atoms with Crippen LogP contribution in [0.3, 0.4) is 0 Å². The molecule has 0 aliphatic carbocycles. The van der Waals surface area contributed by atoms with Crippen LogP contribution in [0, 0.1) is 0 Å². The third-order valence-corrected chi connectivity index (χ3v) is 2.01. The molecule has 0 radical (unpaired) electrons. The van der Waals surface area contributed by atoms with E-state index in [-0.39, 0.29) is 17.9 Å². The lowest BCUT2D eigenvalue weighted by Crippen LogP contribution is -2.45. The third kappa shape index (κ3) is 2.08. The summed E-state index contributed by atoms with van der Waals surface area (Å²) in [6, 6.07) is 5.91. The first-order valence-electron chi connectivity index (χ1n) is 4.38. The molecule has 1 heterocycles. The molecule has 1 amide bonds. The van der Waals surface area contributed by atoms with E-state index >= 15 is 0 Å². The first-order chi connectivity index (χ1) is 7.47. The second-order valence-corrected chi connectivity index (χ2v) is 3.10. The van der Waals surface area contributed by atoms with Gasteiger partial charge in [0.1, 0.15) is 6.67 Å². The summed E-state index contributed by atoms with van der Waals surface area (Å²) in [5.41, 5.74) is 0.251. The first-order valence-corrected chi connectivity index (χ1v) is 4.38. The molecular weight excluding hydrogens is 225 g/mol. The highest BCUT2D eigenvalue weighted by atomic mass is 19.4. The van der Waals surface area contributed by atoms with Gasteiger partial charge in [-0.1, -0.05) is 12.1 Å². The van der Waals surface area contributed by atoms with Gasteiger partial charge in [0.05, 0.1) is 11.3 Å². The van der Waals surface area contributed by atoms with Crippen LogP contribution in [0.5, 0.6) is 0 Å². The van der Waals surface area contributed by atoms with E-state index in [9.17, 15) is 18.0 Å². The van der Waals surface area contributed by atoms with Gasteiger partial charge in [-0.2, -0.15) is 4.84 Å². The number of para-hydroxylation sites is 1. The van der Waals surface area contributed by atoms with Gasteiger partial charge >= 0.3 is 6.36 Å². The molecule has 1 aromatic carbocycles. The van der Waals surface area contributed by atoms with Crippen LogP contribution in [0.4, 0.5) is 18.9 Å². The number of halogens is 3. The normalized spacial score (nSPS) is 15.7. The summed E-state index contributed by atoms with van der Waals surface area (Å²) in [5, 5.41) is 2.87. The molecule has 1 aromatic rings. The van der Waals surface area contributed by atoms with Crippen molar-refractivity contribution in [3.8, 4) is 0 Å². The highest BCUT2D eigenvalue weighted by Crippen LogP contribution is 2.27. The van der Waals surface area contributed by atoms with Crippen LogP contribution in [0.2, 0.25) is 0 Å². The van der Waals surface area contributed by atoms with Gasteiger partial charge in [0, 0.05) is 0 Å². The number of hydrogen-bond acceptors (Lipinski definition) is 3. The highest BCUT2D eigenvalue weighted by molar-refractivity contribution is 6.01. The number of amides is 1. The summed E-state index contributed by atoms with van der Waals surface area (Å²) in [7, 11) is 0. The molecule has 0 atom stereocenters. The largest absolute Gasteiger partial charge is 0.544 e. The Morgan fingerprint density at radius 1 is 1.31 bits per heavy atom. The zero-order chi connectivity index (χ0) is 11.8. The molecule has 0 unspecified atom stereocenters. The Hall–Kier alpha value is -1.76. The Kier molecular flexibility index (Phi) is 2.47. The minimum atomic E-state index is -4.78. The Morgan fingerprint density at radius 3 is 2.69 bits per heavy atom. The zero-order valence-electron chi connectivity index (χ0n) is 7.91. The van der Waals surface area contributed by atoms with E-state index in [1.807, 2.05) is 0 Å². The fourth-order valence-corrected chi connectivity index (χ4v) is 1.41. The Morgan fingerprint density at radius 2 is 2.00 bits per heavy atom. The highest BCUT2D eigenvalue weighted by Gasteiger charge is 2.36. The summed E-state index contributed by atoms with van der Waals surface area (Å²) in [5.74, 6) is -0.419. The van der Waals surface area contributed by atoms with Crippen molar-refractivity contribution in [1.29, 1.82) is 0 Å². The van der Waals surface area contributed by atoms with Gasteiger partial charge in [-0.3, -0.25) is 4.79 Å². The van der Waals surface area contributed by atoms with E-state index in [4.69, 9.17) is 0 Å². The molecule has 1 aliphatic heterocycles. The van der Waals surface area contributed by atoms with E-state index in [1.54, 1.807) is 6.07 Å². The van der Waals surface area contributed by atoms with E-state index in [2.05, 4.69) is 10.2 Å². The van der Waals surface area contributed by atoms with Gasteiger partial charge in [-0.15, -0.1) is 13.2 Å². The number of fused-ring (bicyclic) bond motifs is 1. The Labute approximate surface area is 88.6 Å². The van der Waals surface area contributed by atoms with Crippen LogP contribution in [0.25, 0.3) is 0 Å². The summed E-state index contributed by atoms with van der Waals surface area (Å²) >= 11 is 0. The monoisotopic (exact) mass is 232 g/mol. The first kappa shape index (κ1) is 10.7. The molecular formula is C9H7F3N2O2. The van der Waals surface area contributed by atoms with Crippen molar-refractivity contribution in [3.63, 3.8) is 0 Å². The molecule has 7 heteroatoms. The van der Waals surface area contributed by atoms with E-state index in [0.717, 1.165) is 0 Å². The molecule has 0 fully saturated rings. The lowest BCUT2D eigenvalue weighted by Gasteiger charge is -2.30. The number of nitrogens with one attached hydrogen (secondary N) is 1. The van der Waals surface area contributed by atoms with Gasteiger partial charge in [0.25, 0.3) is 5.91 Å². The zero-order valence-corrected chi connectivity index (χ0v) is 7.91. The average molecular weight is 232 g/mol. The van der Waals surface area contributed by atoms with Gasteiger partial charge in [0.15, 0.2) is 0 Å². The van der Waals surface area contributed by atoms with Crippen LogP contribution < -0.4 is 10.4 Å². The lowest BCUT2D eigenvalue weighted by atomic mass is 10.1. The average Bonchev–Trinajstić information content (AvgIpc) is 2.21. The van der Waals surface area contributed by atoms with Gasteiger partial charge in [-0.25, -0.2) is 5.06 Å². The maximum Gasteiger partial charge on any atom is 0.544 e. The fraction of sp³-hybridized carbons (Fsp3) is 0.222. The number of alkyl halides is 3. The third-order valence-electron chi connectivity index (χ3n) is 2.01. The second-order valence-electron chi connectivity index (χ2n) is 3.10. The van der Waals surface area contributed by atoms with E-state index in [1.165, 1.54) is 18.2 Å². The van der Waals surface area contributed by atoms with Gasteiger partial charge in [-0.05, 0) is 12.1 Å². The fourth-order valence-electron chi connectivity index (χ4n) is 1.41. The van der Waals surface area contributed by atoms with Gasteiger partial charge < -0.3 is 5.32 Å². The molecule has 0 saturated heterocycles. The number of anilines is 1. The maximum absolute atomic E-state index is 12.1. The van der Waals surface area contributed by atoms with Gasteiger partial charge in [0.2, 0.25) is 0 Å². The van der Waals surface area contributed by atoms with Crippen LogP contribution in [0.15, 0.2) is 24.3 Å². The van der Waals surface area contributed by atoms with Crippen LogP contribution >= 0.6 is 0 Å². The van der Waals surface area contributed by atoms with Crippen molar-refractivity contribution < 1.29 is 22.8 Å². The van der Waals surface area contributed by atoms with Crippen molar-refractivity contribution in [1.82, 2.24) is 5.32 Å². The molecule has 0 aromatic heterocycles. The minimum Gasteiger partial charge on any atom is -0.332 e. The number of hydrogen-bond donors (Lipinski definition) is 1. The summed E-state index contributed by atoms with van der Waals surface area (Å²) in [6.07, 6.45) is -4.78. The SMILES string of the molecule is O=C1NCN(OC(F)(F)F)c2ccccc21. The number of carbonyl (C=O) groups excluding carboxylic acids is 1. The molecule has 86 valence electrons. The quantitative estimate of drug-likeness (QED) is 0.800. The number of nitrogens with zero attached hydrogens (tertiary/aromatic N) is 1. The minimum absolute atomic E-state index is 0.101. The lowest BCUT2D eigenvalue weighted by molar-refractivity contribution is -0.330. The smallest absolute Gasteiger partial charge is 0.332 e. The molecule has 16 heavy (non-hydrogen) atoms. The molecule has 4 nitrogen and oxygen atoms in total.